The second kappa shape index (κ2) is 4.81. The van der Waals surface area contributed by atoms with Gasteiger partial charge in [-0.05, 0) is 12.5 Å². The molecule has 1 amide bonds. The average molecular weight is 280 g/mol. The normalized spacial score (nSPS) is 21.8. The van der Waals surface area contributed by atoms with Gasteiger partial charge in [-0.3, -0.25) is 4.79 Å². The molecule has 0 aromatic carbocycles. The van der Waals surface area contributed by atoms with E-state index in [9.17, 15) is 4.79 Å². The molecule has 0 bridgehead atoms. The summed E-state index contributed by atoms with van der Waals surface area (Å²) in [5.74, 6) is 0.0570. The van der Waals surface area contributed by atoms with Crippen molar-refractivity contribution in [3.05, 3.63) is 12.7 Å². The van der Waals surface area contributed by atoms with Gasteiger partial charge in [0.15, 0.2) is 0 Å². The highest BCUT2D eigenvalue weighted by Gasteiger charge is 2.29. The Balaban J connectivity index is 2.28. The molecule has 0 saturated carbocycles. The van der Waals surface area contributed by atoms with E-state index >= 15 is 0 Å². The Morgan fingerprint density at radius 3 is 3.00 bits per heavy atom. The van der Waals surface area contributed by atoms with Gasteiger partial charge in [-0.25, -0.2) is 0 Å². The lowest BCUT2D eigenvalue weighted by atomic mass is 10.0. The topological polar surface area (TPSA) is 32.3 Å². The fraction of sp³-hybridized carbons (Fsp3) is 0.625. The fourth-order valence-corrected chi connectivity index (χ4v) is 1.59. The van der Waals surface area contributed by atoms with Gasteiger partial charge in [0.2, 0.25) is 5.91 Å². The summed E-state index contributed by atoms with van der Waals surface area (Å²) in [4.78, 5) is 13.0. The minimum atomic E-state index is 0.0570. The summed E-state index contributed by atoms with van der Waals surface area (Å²) >= 11 is 2.26. The van der Waals surface area contributed by atoms with E-state index in [4.69, 9.17) is 0 Å². The highest BCUT2D eigenvalue weighted by molar-refractivity contribution is 14.1. The quantitative estimate of drug-likeness (QED) is 0.357. The number of nitrogens with one attached hydrogen (secondary N) is 1. The van der Waals surface area contributed by atoms with Gasteiger partial charge < -0.3 is 10.2 Å². The van der Waals surface area contributed by atoms with Crippen molar-refractivity contribution in [2.45, 2.75) is 12.5 Å². The van der Waals surface area contributed by atoms with Gasteiger partial charge in [-0.15, -0.1) is 0 Å². The molecule has 0 aromatic heterocycles. The monoisotopic (exact) mass is 280 g/mol. The summed E-state index contributed by atoms with van der Waals surface area (Å²) in [6, 6.07) is 0.394. The zero-order chi connectivity index (χ0) is 8.97. The summed E-state index contributed by atoms with van der Waals surface area (Å²) in [6.45, 7) is 5.26. The number of carbonyl (C=O) groups is 1. The molecule has 0 aromatic rings. The third-order valence-electron chi connectivity index (χ3n) is 2.08. The van der Waals surface area contributed by atoms with Gasteiger partial charge in [0.05, 0.1) is 0 Å². The molecule has 12 heavy (non-hydrogen) atoms. The SMILES string of the molecule is C=CC(=O)N1CCC1CNCI. The van der Waals surface area contributed by atoms with Crippen LogP contribution in [-0.2, 0) is 4.79 Å². The number of hydrogen-bond acceptors (Lipinski definition) is 2. The number of hydrogen-bond donors (Lipinski definition) is 1. The van der Waals surface area contributed by atoms with Crippen molar-refractivity contribution in [3.8, 4) is 0 Å². The molecule has 1 atom stereocenters. The average Bonchev–Trinajstić information content (AvgIpc) is 2.03. The second-order valence-corrected chi connectivity index (χ2v) is 3.53. The van der Waals surface area contributed by atoms with E-state index in [1.807, 2.05) is 4.90 Å². The molecule has 1 aliphatic rings. The Kier molecular flexibility index (Phi) is 4.00. The van der Waals surface area contributed by atoms with Gasteiger partial charge in [0.25, 0.3) is 0 Å². The molecule has 68 valence electrons. The van der Waals surface area contributed by atoms with Crippen molar-refractivity contribution in [2.24, 2.45) is 0 Å². The van der Waals surface area contributed by atoms with Crippen molar-refractivity contribution in [3.63, 3.8) is 0 Å². The maximum atomic E-state index is 11.1. The van der Waals surface area contributed by atoms with E-state index in [-0.39, 0.29) is 5.91 Å². The summed E-state index contributed by atoms with van der Waals surface area (Å²) in [5, 5.41) is 3.22. The fourth-order valence-electron chi connectivity index (χ4n) is 1.28. The molecular weight excluding hydrogens is 267 g/mol. The molecular formula is C8H13IN2O. The number of nitrogens with zero attached hydrogens (tertiary/aromatic N) is 1. The summed E-state index contributed by atoms with van der Waals surface area (Å²) in [5.41, 5.74) is 0. The van der Waals surface area contributed by atoms with Gasteiger partial charge in [0.1, 0.15) is 0 Å². The van der Waals surface area contributed by atoms with Crippen LogP contribution in [0.1, 0.15) is 6.42 Å². The van der Waals surface area contributed by atoms with Gasteiger partial charge >= 0.3 is 0 Å². The number of halogens is 1. The summed E-state index contributed by atoms with van der Waals surface area (Å²) < 4.78 is 0.935. The van der Waals surface area contributed by atoms with Gasteiger partial charge in [0, 0.05) is 23.7 Å². The maximum Gasteiger partial charge on any atom is 0.246 e. The molecule has 1 fully saturated rings. The van der Waals surface area contributed by atoms with Crippen molar-refractivity contribution in [1.82, 2.24) is 10.2 Å². The standard InChI is InChI=1S/C8H13IN2O/c1-2-8(12)11-4-3-7(11)5-10-6-9/h2,7,10H,1,3-6H2. The first-order valence-corrected chi connectivity index (χ1v) is 5.52. The van der Waals surface area contributed by atoms with Crippen LogP contribution in [0.15, 0.2) is 12.7 Å². The van der Waals surface area contributed by atoms with E-state index in [0.717, 1.165) is 24.1 Å². The highest BCUT2D eigenvalue weighted by atomic mass is 127. The highest BCUT2D eigenvalue weighted by Crippen LogP contribution is 2.16. The molecule has 4 heteroatoms. The maximum absolute atomic E-state index is 11.1. The minimum absolute atomic E-state index is 0.0570. The predicted octanol–water partition coefficient (Wildman–Crippen LogP) is 0.755. The first-order chi connectivity index (χ1) is 5.79. The molecule has 1 rings (SSSR count). The third kappa shape index (κ3) is 2.20. The van der Waals surface area contributed by atoms with Crippen LogP contribution < -0.4 is 5.32 Å². The second-order valence-electron chi connectivity index (χ2n) is 2.77. The number of amides is 1. The van der Waals surface area contributed by atoms with Crippen molar-refractivity contribution in [2.75, 3.05) is 17.6 Å². The van der Waals surface area contributed by atoms with Crippen LogP contribution in [0.5, 0.6) is 0 Å². The molecule has 3 nitrogen and oxygen atoms in total. The largest absolute Gasteiger partial charge is 0.335 e. The minimum Gasteiger partial charge on any atom is -0.335 e. The summed E-state index contributed by atoms with van der Waals surface area (Å²) in [7, 11) is 0. The van der Waals surface area contributed by atoms with Crippen LogP contribution in [0, 0.1) is 0 Å². The van der Waals surface area contributed by atoms with E-state index in [1.165, 1.54) is 6.08 Å². The number of carbonyl (C=O) groups excluding carboxylic acids is 1. The number of alkyl halides is 1. The number of likely N-dealkylation sites (tertiary alicyclic amines) is 1. The van der Waals surface area contributed by atoms with E-state index in [2.05, 4.69) is 34.5 Å². The Morgan fingerprint density at radius 1 is 1.83 bits per heavy atom. The Hall–Kier alpha value is -0.100. The number of rotatable bonds is 4. The molecule has 0 radical (unpaired) electrons. The van der Waals surface area contributed by atoms with Crippen molar-refractivity contribution >= 4 is 28.5 Å². The summed E-state index contributed by atoms with van der Waals surface area (Å²) in [6.07, 6.45) is 2.50. The van der Waals surface area contributed by atoms with Crippen LogP contribution in [0.25, 0.3) is 0 Å². The molecule has 0 aliphatic carbocycles. The lowest BCUT2D eigenvalue weighted by Crippen LogP contribution is -2.54. The molecule has 1 N–H and O–H groups in total. The first kappa shape index (κ1) is 9.98. The van der Waals surface area contributed by atoms with Crippen LogP contribution >= 0.6 is 22.6 Å². The third-order valence-corrected chi connectivity index (χ3v) is 2.62. The first-order valence-electron chi connectivity index (χ1n) is 3.99. The van der Waals surface area contributed by atoms with Crippen molar-refractivity contribution in [1.29, 1.82) is 0 Å². The van der Waals surface area contributed by atoms with Gasteiger partial charge in [-0.2, -0.15) is 0 Å². The smallest absolute Gasteiger partial charge is 0.246 e. The molecule has 0 spiro atoms. The predicted molar refractivity (Wildman–Crippen MR) is 57.2 cm³/mol. The Labute approximate surface area is 86.3 Å². The van der Waals surface area contributed by atoms with Crippen LogP contribution in [0.3, 0.4) is 0 Å². The molecule has 1 unspecified atom stereocenters. The zero-order valence-corrected chi connectivity index (χ0v) is 9.08. The Morgan fingerprint density at radius 2 is 2.58 bits per heavy atom. The molecule has 1 aliphatic heterocycles. The van der Waals surface area contributed by atoms with Crippen LogP contribution in [-0.4, -0.2) is 34.5 Å². The van der Waals surface area contributed by atoms with Gasteiger partial charge in [-0.1, -0.05) is 29.2 Å². The van der Waals surface area contributed by atoms with E-state index in [1.54, 1.807) is 0 Å². The molecule has 1 heterocycles. The van der Waals surface area contributed by atoms with Crippen LogP contribution in [0.2, 0.25) is 0 Å². The van der Waals surface area contributed by atoms with Crippen LogP contribution in [0.4, 0.5) is 0 Å². The van der Waals surface area contributed by atoms with E-state index in [0.29, 0.717) is 6.04 Å². The zero-order valence-electron chi connectivity index (χ0n) is 6.92. The lowest BCUT2D eigenvalue weighted by Gasteiger charge is -2.40. The Bertz CT molecular complexity index is 184. The molecule has 1 saturated heterocycles. The van der Waals surface area contributed by atoms with E-state index < -0.39 is 0 Å². The lowest BCUT2D eigenvalue weighted by molar-refractivity contribution is -0.133. The van der Waals surface area contributed by atoms with Crippen molar-refractivity contribution < 1.29 is 4.79 Å².